The van der Waals surface area contributed by atoms with Crippen molar-refractivity contribution in [2.24, 2.45) is 0 Å². The Morgan fingerprint density at radius 1 is 0.667 bits per heavy atom. The zero-order valence-corrected chi connectivity index (χ0v) is 16.5. The Kier molecular flexibility index (Phi) is 4.14. The molecule has 0 aromatic heterocycles. The van der Waals surface area contributed by atoms with Crippen LogP contribution >= 0.6 is 0 Å². The minimum absolute atomic E-state index is 0.221. The predicted octanol–water partition coefficient (Wildman–Crippen LogP) is 6.28. The molecule has 0 nitrogen and oxygen atoms in total. The van der Waals surface area contributed by atoms with E-state index in [2.05, 4.69) is 78.8 Å². The Hall–Kier alpha value is -1.56. The molecule has 128 valence electrons. The van der Waals surface area contributed by atoms with Crippen LogP contribution in [0.2, 0.25) is 0 Å². The average molecular weight is 321 g/mol. The lowest BCUT2D eigenvalue weighted by molar-refractivity contribution is 0.588. The van der Waals surface area contributed by atoms with Gasteiger partial charge in [-0.3, -0.25) is 0 Å². The van der Waals surface area contributed by atoms with Crippen molar-refractivity contribution >= 4 is 0 Å². The molecule has 0 N–H and O–H groups in total. The summed E-state index contributed by atoms with van der Waals surface area (Å²) in [6.07, 6.45) is 3.42. The summed E-state index contributed by atoms with van der Waals surface area (Å²) in [7, 11) is 0. The highest BCUT2D eigenvalue weighted by Gasteiger charge is 2.22. The van der Waals surface area contributed by atoms with Gasteiger partial charge in [-0.2, -0.15) is 0 Å². The second kappa shape index (κ2) is 5.76. The third-order valence-electron chi connectivity index (χ3n) is 5.53. The molecule has 24 heavy (non-hydrogen) atoms. The van der Waals surface area contributed by atoms with Gasteiger partial charge in [-0.1, -0.05) is 71.9 Å². The van der Waals surface area contributed by atoms with Crippen molar-refractivity contribution in [3.8, 4) is 0 Å². The third-order valence-corrected chi connectivity index (χ3v) is 5.53. The number of rotatable bonds is 0. The smallest absolute Gasteiger partial charge is 0.00177 e. The van der Waals surface area contributed by atoms with E-state index >= 15 is 0 Å². The maximum atomic E-state index is 2.47. The molecule has 0 aliphatic heterocycles. The van der Waals surface area contributed by atoms with Crippen molar-refractivity contribution in [1.82, 2.24) is 0 Å². The topological polar surface area (TPSA) is 0 Å². The van der Waals surface area contributed by atoms with E-state index < -0.39 is 0 Å². The maximum absolute atomic E-state index is 2.47. The quantitative estimate of drug-likeness (QED) is 0.536. The SMILES string of the molecule is Cc1cc(C(C)(C)C)cc2c1Cc1ccc(C(C)(C)C)cc1CC2. The molecule has 0 saturated heterocycles. The largest absolute Gasteiger partial charge is 0.0582 e. The fourth-order valence-corrected chi connectivity index (χ4v) is 3.76. The van der Waals surface area contributed by atoms with Gasteiger partial charge in [-0.15, -0.1) is 0 Å². The van der Waals surface area contributed by atoms with Crippen LogP contribution in [0.1, 0.15) is 80.5 Å². The first-order chi connectivity index (χ1) is 11.1. The van der Waals surface area contributed by atoms with Crippen LogP contribution in [0.5, 0.6) is 0 Å². The standard InChI is InChI=1S/C24H32/c1-16-12-21(24(5,6)7)14-19-9-8-17-13-20(23(2,3)4)11-10-18(17)15-22(16)19/h10-14H,8-9,15H2,1-7H3. The van der Waals surface area contributed by atoms with Gasteiger partial charge in [0.15, 0.2) is 0 Å². The first-order valence-corrected chi connectivity index (χ1v) is 9.31. The number of fused-ring (bicyclic) bond motifs is 2. The number of hydrogen-bond acceptors (Lipinski definition) is 0. The van der Waals surface area contributed by atoms with Gasteiger partial charge in [0.05, 0.1) is 0 Å². The van der Waals surface area contributed by atoms with E-state index in [-0.39, 0.29) is 10.8 Å². The van der Waals surface area contributed by atoms with Gasteiger partial charge in [0, 0.05) is 0 Å². The molecule has 0 radical (unpaired) electrons. The van der Waals surface area contributed by atoms with Gasteiger partial charge >= 0.3 is 0 Å². The molecular formula is C24H32. The average Bonchev–Trinajstić information content (AvgIpc) is 2.64. The Morgan fingerprint density at radius 2 is 1.25 bits per heavy atom. The Morgan fingerprint density at radius 3 is 1.88 bits per heavy atom. The van der Waals surface area contributed by atoms with E-state index in [4.69, 9.17) is 0 Å². The Balaban J connectivity index is 2.04. The lowest BCUT2D eigenvalue weighted by Crippen LogP contribution is -2.13. The molecule has 2 aromatic rings. The zero-order chi connectivity index (χ0) is 17.7. The van der Waals surface area contributed by atoms with Gasteiger partial charge < -0.3 is 0 Å². The molecule has 0 fully saturated rings. The Labute approximate surface area is 148 Å². The van der Waals surface area contributed by atoms with Crippen molar-refractivity contribution in [3.05, 3.63) is 69.3 Å². The van der Waals surface area contributed by atoms with Crippen molar-refractivity contribution in [2.75, 3.05) is 0 Å². The second-order valence-electron chi connectivity index (χ2n) is 9.59. The molecule has 0 saturated carbocycles. The van der Waals surface area contributed by atoms with Crippen LogP contribution < -0.4 is 0 Å². The number of aryl methyl sites for hydroxylation is 3. The van der Waals surface area contributed by atoms with Crippen molar-refractivity contribution < 1.29 is 0 Å². The van der Waals surface area contributed by atoms with E-state index in [1.54, 1.807) is 16.7 Å². The minimum atomic E-state index is 0.221. The van der Waals surface area contributed by atoms with Gasteiger partial charge in [0.2, 0.25) is 0 Å². The molecule has 0 amide bonds. The summed E-state index contributed by atoms with van der Waals surface area (Å²) < 4.78 is 0. The second-order valence-corrected chi connectivity index (χ2v) is 9.59. The van der Waals surface area contributed by atoms with Crippen LogP contribution in [0, 0.1) is 6.92 Å². The summed E-state index contributed by atoms with van der Waals surface area (Å²) in [6.45, 7) is 16.2. The van der Waals surface area contributed by atoms with E-state index in [9.17, 15) is 0 Å². The van der Waals surface area contributed by atoms with Gasteiger partial charge in [0.1, 0.15) is 0 Å². The van der Waals surface area contributed by atoms with Gasteiger partial charge in [-0.05, 0) is 76.0 Å². The molecule has 0 unspecified atom stereocenters. The number of benzene rings is 2. The molecule has 3 rings (SSSR count). The number of hydrogen-bond donors (Lipinski definition) is 0. The molecule has 1 aliphatic carbocycles. The van der Waals surface area contributed by atoms with Crippen molar-refractivity contribution in [1.29, 1.82) is 0 Å². The molecule has 0 heterocycles. The lowest BCUT2D eigenvalue weighted by atomic mass is 9.82. The maximum Gasteiger partial charge on any atom is -0.00177 e. The lowest BCUT2D eigenvalue weighted by Gasteiger charge is -2.23. The molecular weight excluding hydrogens is 288 g/mol. The molecule has 1 aliphatic rings. The highest BCUT2D eigenvalue weighted by molar-refractivity contribution is 5.48. The summed E-state index contributed by atoms with van der Waals surface area (Å²) in [5, 5.41) is 0. The normalized spacial score (nSPS) is 14.8. The van der Waals surface area contributed by atoms with Crippen LogP contribution in [-0.2, 0) is 30.1 Å². The monoisotopic (exact) mass is 320 g/mol. The predicted molar refractivity (Wildman–Crippen MR) is 105 cm³/mol. The summed E-state index contributed by atoms with van der Waals surface area (Å²) in [5.41, 5.74) is 11.0. The molecule has 0 atom stereocenters. The van der Waals surface area contributed by atoms with Crippen LogP contribution in [0.4, 0.5) is 0 Å². The fourth-order valence-electron chi connectivity index (χ4n) is 3.76. The van der Waals surface area contributed by atoms with Crippen LogP contribution in [0.3, 0.4) is 0 Å². The highest BCUT2D eigenvalue weighted by Crippen LogP contribution is 2.33. The zero-order valence-electron chi connectivity index (χ0n) is 16.5. The first kappa shape index (κ1) is 17.3. The summed E-state index contributed by atoms with van der Waals surface area (Å²) in [4.78, 5) is 0. The first-order valence-electron chi connectivity index (χ1n) is 9.31. The summed E-state index contributed by atoms with van der Waals surface area (Å²) in [6, 6.07) is 12.1. The summed E-state index contributed by atoms with van der Waals surface area (Å²) in [5.74, 6) is 0. The molecule has 2 aromatic carbocycles. The molecule has 0 spiro atoms. The fraction of sp³-hybridized carbons (Fsp3) is 0.500. The van der Waals surface area contributed by atoms with Crippen molar-refractivity contribution in [2.45, 2.75) is 78.6 Å². The Bertz CT molecular complexity index is 764. The summed E-state index contributed by atoms with van der Waals surface area (Å²) >= 11 is 0. The van der Waals surface area contributed by atoms with E-state index in [1.165, 1.54) is 35.1 Å². The third kappa shape index (κ3) is 3.29. The van der Waals surface area contributed by atoms with E-state index in [0.717, 1.165) is 6.42 Å². The van der Waals surface area contributed by atoms with Crippen LogP contribution in [-0.4, -0.2) is 0 Å². The molecule has 0 heteroatoms. The van der Waals surface area contributed by atoms with E-state index in [0.29, 0.717) is 0 Å². The van der Waals surface area contributed by atoms with Crippen LogP contribution in [0.15, 0.2) is 30.3 Å². The van der Waals surface area contributed by atoms with Gasteiger partial charge in [0.25, 0.3) is 0 Å². The minimum Gasteiger partial charge on any atom is -0.0582 e. The van der Waals surface area contributed by atoms with Crippen LogP contribution in [0.25, 0.3) is 0 Å². The highest BCUT2D eigenvalue weighted by atomic mass is 14.3. The van der Waals surface area contributed by atoms with Crippen molar-refractivity contribution in [3.63, 3.8) is 0 Å². The van der Waals surface area contributed by atoms with Gasteiger partial charge in [-0.25, -0.2) is 0 Å². The molecule has 0 bridgehead atoms. The van der Waals surface area contributed by atoms with E-state index in [1.807, 2.05) is 0 Å².